The zero-order valence-electron chi connectivity index (χ0n) is 20.6. The van der Waals surface area contributed by atoms with Crippen molar-refractivity contribution in [2.75, 3.05) is 19.4 Å². The van der Waals surface area contributed by atoms with Crippen molar-refractivity contribution in [1.82, 2.24) is 15.5 Å². The third-order valence-corrected chi connectivity index (χ3v) is 5.77. The molecule has 0 heterocycles. The molecule has 3 amide bonds. The van der Waals surface area contributed by atoms with Crippen LogP contribution in [0.5, 0.6) is 0 Å². The highest BCUT2D eigenvalue weighted by molar-refractivity contribution is 7.80. The fraction of sp³-hybridized carbons (Fsp3) is 0.583. The Labute approximate surface area is 206 Å². The molecule has 34 heavy (non-hydrogen) atoms. The Bertz CT molecular complexity index is 899. The number of esters is 1. The van der Waals surface area contributed by atoms with Gasteiger partial charge in [-0.25, -0.2) is 4.79 Å². The number of carbonyl (C=O) groups excluding carboxylic acids is 4. The van der Waals surface area contributed by atoms with Gasteiger partial charge in [-0.15, -0.1) is 0 Å². The number of rotatable bonds is 9. The molecule has 0 bridgehead atoms. The van der Waals surface area contributed by atoms with Gasteiger partial charge in [-0.1, -0.05) is 36.8 Å². The Balaban J connectivity index is 2.39. The topological polar surface area (TPSA) is 114 Å². The fourth-order valence-electron chi connectivity index (χ4n) is 3.50. The van der Waals surface area contributed by atoms with E-state index in [1.54, 1.807) is 32.9 Å². The third kappa shape index (κ3) is 7.65. The molecule has 1 aromatic rings. The fourth-order valence-corrected chi connectivity index (χ4v) is 3.75. The Morgan fingerprint density at radius 2 is 1.76 bits per heavy atom. The molecule has 10 heteroatoms. The van der Waals surface area contributed by atoms with Crippen LogP contribution in [0.1, 0.15) is 51.3 Å². The van der Waals surface area contributed by atoms with Crippen molar-refractivity contribution >= 4 is 36.5 Å². The molecule has 0 aliphatic heterocycles. The van der Waals surface area contributed by atoms with Gasteiger partial charge in [0.05, 0.1) is 7.11 Å². The van der Waals surface area contributed by atoms with Gasteiger partial charge in [0.2, 0.25) is 11.8 Å². The molecule has 1 aliphatic carbocycles. The van der Waals surface area contributed by atoms with Crippen LogP contribution in [0, 0.1) is 12.8 Å². The highest BCUT2D eigenvalue weighted by Gasteiger charge is 2.48. The van der Waals surface area contributed by atoms with Crippen LogP contribution in [0.3, 0.4) is 0 Å². The van der Waals surface area contributed by atoms with E-state index in [2.05, 4.69) is 28.0 Å². The van der Waals surface area contributed by atoms with Crippen molar-refractivity contribution < 1.29 is 28.7 Å². The molecule has 9 nitrogen and oxygen atoms in total. The maximum absolute atomic E-state index is 13.7. The normalized spacial score (nSPS) is 18.8. The Morgan fingerprint density at radius 3 is 2.24 bits per heavy atom. The molecule has 0 radical (unpaired) electrons. The van der Waals surface area contributed by atoms with Gasteiger partial charge in [0, 0.05) is 11.8 Å². The second kappa shape index (κ2) is 11.6. The van der Waals surface area contributed by atoms with E-state index in [4.69, 9.17) is 4.74 Å². The van der Waals surface area contributed by atoms with Gasteiger partial charge in [0.1, 0.15) is 24.2 Å². The summed E-state index contributed by atoms with van der Waals surface area (Å²) >= 11 is 4.27. The summed E-state index contributed by atoms with van der Waals surface area (Å²) in [6, 6.07) is 5.05. The van der Waals surface area contributed by atoms with Crippen LogP contribution in [-0.4, -0.2) is 65.9 Å². The van der Waals surface area contributed by atoms with E-state index in [-0.39, 0.29) is 24.3 Å². The highest BCUT2D eigenvalue weighted by atomic mass is 32.1. The van der Waals surface area contributed by atoms with E-state index in [0.717, 1.165) is 5.56 Å². The lowest BCUT2D eigenvalue weighted by Crippen LogP contribution is -2.55. The first-order valence-electron chi connectivity index (χ1n) is 11.2. The molecule has 4 unspecified atom stereocenters. The van der Waals surface area contributed by atoms with Crippen LogP contribution in [0.4, 0.5) is 4.79 Å². The van der Waals surface area contributed by atoms with Crippen molar-refractivity contribution in [3.05, 3.63) is 35.4 Å². The van der Waals surface area contributed by atoms with E-state index in [1.165, 1.54) is 12.0 Å². The number of thiol groups is 1. The summed E-state index contributed by atoms with van der Waals surface area (Å²) in [6.45, 7) is 8.75. The smallest absolute Gasteiger partial charge is 0.408 e. The number of alkyl carbamates (subject to hydrolysis) is 1. The summed E-state index contributed by atoms with van der Waals surface area (Å²) in [5.74, 6) is -1.38. The standard InChI is InChI=1S/C24H35N3O6S/c1-14-7-9-16(10-8-14)20(21(29)25-12-19(28)32-6)27(18-11-15(18)2)22(30)17(13-34)26-23(31)33-24(3,4)5/h7-10,15,17-18,20,34H,11-13H2,1-6H3,(H,25,29)(H,26,31). The first kappa shape index (κ1) is 27.5. The maximum Gasteiger partial charge on any atom is 0.408 e. The van der Waals surface area contributed by atoms with Gasteiger partial charge >= 0.3 is 12.1 Å². The zero-order valence-corrected chi connectivity index (χ0v) is 21.5. The Hall–Kier alpha value is -2.75. The second-order valence-corrected chi connectivity index (χ2v) is 9.88. The van der Waals surface area contributed by atoms with E-state index >= 15 is 0 Å². The number of carbonyl (C=O) groups is 4. The first-order chi connectivity index (χ1) is 15.9. The molecule has 1 fully saturated rings. The number of benzene rings is 1. The number of methoxy groups -OCH3 is 1. The largest absolute Gasteiger partial charge is 0.468 e. The van der Waals surface area contributed by atoms with Crippen molar-refractivity contribution in [1.29, 1.82) is 0 Å². The summed E-state index contributed by atoms with van der Waals surface area (Å²) in [4.78, 5) is 52.5. The highest BCUT2D eigenvalue weighted by Crippen LogP contribution is 2.40. The summed E-state index contributed by atoms with van der Waals surface area (Å²) in [5, 5.41) is 5.15. The lowest BCUT2D eigenvalue weighted by molar-refractivity contribution is -0.145. The minimum Gasteiger partial charge on any atom is -0.468 e. The summed E-state index contributed by atoms with van der Waals surface area (Å²) in [6.07, 6.45) is -0.0323. The molecule has 0 saturated heterocycles. The minimum absolute atomic E-state index is 0.0140. The summed E-state index contributed by atoms with van der Waals surface area (Å²) in [7, 11) is 1.23. The number of hydrogen-bond donors (Lipinski definition) is 3. The van der Waals surface area contributed by atoms with E-state index < -0.39 is 41.6 Å². The average molecular weight is 494 g/mol. The lowest BCUT2D eigenvalue weighted by Gasteiger charge is -2.34. The minimum atomic E-state index is -1.01. The van der Waals surface area contributed by atoms with E-state index in [9.17, 15) is 19.2 Å². The van der Waals surface area contributed by atoms with Crippen LogP contribution in [-0.2, 0) is 23.9 Å². The number of hydrogen-bond acceptors (Lipinski definition) is 7. The van der Waals surface area contributed by atoms with Crippen LogP contribution in [0.25, 0.3) is 0 Å². The molecule has 4 atom stereocenters. The molecule has 2 rings (SSSR count). The lowest BCUT2D eigenvalue weighted by atomic mass is 10.0. The van der Waals surface area contributed by atoms with E-state index in [1.807, 2.05) is 26.0 Å². The monoisotopic (exact) mass is 493 g/mol. The number of nitrogens with zero attached hydrogens (tertiary/aromatic N) is 1. The van der Waals surface area contributed by atoms with Crippen molar-refractivity contribution in [2.45, 2.75) is 64.8 Å². The predicted molar refractivity (Wildman–Crippen MR) is 130 cm³/mol. The molecular weight excluding hydrogens is 458 g/mol. The van der Waals surface area contributed by atoms with Gasteiger partial charge in [0.25, 0.3) is 0 Å². The van der Waals surface area contributed by atoms with Gasteiger partial charge < -0.3 is 25.0 Å². The number of amides is 3. The maximum atomic E-state index is 13.7. The Kier molecular flexibility index (Phi) is 9.37. The summed E-state index contributed by atoms with van der Waals surface area (Å²) in [5.41, 5.74) is 0.850. The van der Waals surface area contributed by atoms with Crippen molar-refractivity contribution in [3.8, 4) is 0 Å². The molecule has 1 aliphatic rings. The predicted octanol–water partition coefficient (Wildman–Crippen LogP) is 2.39. The van der Waals surface area contributed by atoms with Gasteiger partial charge in [-0.3, -0.25) is 14.4 Å². The average Bonchev–Trinajstić information content (AvgIpc) is 3.48. The van der Waals surface area contributed by atoms with Crippen LogP contribution < -0.4 is 10.6 Å². The second-order valence-electron chi connectivity index (χ2n) is 9.51. The number of nitrogens with one attached hydrogen (secondary N) is 2. The zero-order chi connectivity index (χ0) is 25.6. The van der Waals surface area contributed by atoms with Crippen LogP contribution in [0.2, 0.25) is 0 Å². The molecule has 2 N–H and O–H groups in total. The molecular formula is C24H35N3O6S. The van der Waals surface area contributed by atoms with Gasteiger partial charge in [0.15, 0.2) is 0 Å². The van der Waals surface area contributed by atoms with Gasteiger partial charge in [-0.05, 0) is 45.6 Å². The van der Waals surface area contributed by atoms with Crippen molar-refractivity contribution in [3.63, 3.8) is 0 Å². The molecule has 1 saturated carbocycles. The van der Waals surface area contributed by atoms with Gasteiger partial charge in [-0.2, -0.15) is 12.6 Å². The molecule has 0 aromatic heterocycles. The number of ether oxygens (including phenoxy) is 2. The summed E-state index contributed by atoms with van der Waals surface area (Å²) < 4.78 is 9.91. The molecule has 1 aromatic carbocycles. The Morgan fingerprint density at radius 1 is 1.18 bits per heavy atom. The van der Waals surface area contributed by atoms with Crippen molar-refractivity contribution in [2.24, 2.45) is 5.92 Å². The molecule has 188 valence electrons. The SMILES string of the molecule is COC(=O)CNC(=O)C(c1ccc(C)cc1)N(C(=O)C(CS)NC(=O)OC(C)(C)C)C1CC1C. The van der Waals surface area contributed by atoms with Crippen LogP contribution in [0.15, 0.2) is 24.3 Å². The third-order valence-electron chi connectivity index (χ3n) is 5.40. The molecule has 0 spiro atoms. The van der Waals surface area contributed by atoms with Crippen LogP contribution >= 0.6 is 12.6 Å². The van der Waals surface area contributed by atoms with E-state index in [0.29, 0.717) is 12.0 Å². The number of aryl methyl sites for hydroxylation is 1. The first-order valence-corrected chi connectivity index (χ1v) is 11.8. The quantitative estimate of drug-likeness (QED) is 0.360.